The van der Waals surface area contributed by atoms with Crippen molar-refractivity contribution in [2.24, 2.45) is 7.05 Å². The van der Waals surface area contributed by atoms with Crippen LogP contribution < -0.4 is 19.1 Å². The Kier molecular flexibility index (Phi) is 9.91. The number of nitrogens with one attached hydrogen (secondary N) is 2. The molecule has 1 fully saturated rings. The Hall–Kier alpha value is -1.71. The van der Waals surface area contributed by atoms with E-state index in [1.807, 2.05) is 4.72 Å². The summed E-state index contributed by atoms with van der Waals surface area (Å²) in [5.74, 6) is -0.253. The van der Waals surface area contributed by atoms with E-state index in [1.54, 1.807) is 7.05 Å². The number of anilines is 2. The summed E-state index contributed by atoms with van der Waals surface area (Å²) in [6, 6.07) is 1.83. The molecule has 0 aliphatic carbocycles. The third-order valence-electron chi connectivity index (χ3n) is 4.48. The maximum atomic E-state index is 13.1. The first-order valence-corrected chi connectivity index (χ1v) is 11.4. The van der Waals surface area contributed by atoms with Gasteiger partial charge in [0.2, 0.25) is 0 Å². The van der Waals surface area contributed by atoms with Gasteiger partial charge in [0.05, 0.1) is 17.9 Å². The van der Waals surface area contributed by atoms with E-state index in [9.17, 15) is 26.4 Å². The van der Waals surface area contributed by atoms with Gasteiger partial charge >= 0.3 is 22.4 Å². The molecule has 2 amide bonds. The van der Waals surface area contributed by atoms with Gasteiger partial charge in [0, 0.05) is 72.8 Å². The third-order valence-corrected chi connectivity index (χ3v) is 6.17. The second-order valence-corrected chi connectivity index (χ2v) is 9.14. The molecule has 2 heterocycles. The Bertz CT molecular complexity index is 1100. The summed E-state index contributed by atoms with van der Waals surface area (Å²) < 4.78 is 77.6. The van der Waals surface area contributed by atoms with Crippen LogP contribution in [-0.2, 0) is 22.0 Å². The minimum Gasteiger partial charge on any atom is -0.484 e. The summed E-state index contributed by atoms with van der Waals surface area (Å²) in [5, 5.41) is 6.21. The molecule has 0 atom stereocenters. The number of carbonyl (C=O) groups excluding carboxylic acids is 1. The average Bonchev–Trinajstić information content (AvgIpc) is 3.11. The van der Waals surface area contributed by atoms with Crippen LogP contribution in [0.3, 0.4) is 0 Å². The molecule has 2 aromatic rings. The van der Waals surface area contributed by atoms with Crippen LogP contribution in [0, 0.1) is 0 Å². The molecule has 0 bridgehead atoms. The van der Waals surface area contributed by atoms with Gasteiger partial charge in [-0.25, -0.2) is 13.8 Å². The summed E-state index contributed by atoms with van der Waals surface area (Å²) in [5.41, 5.74) is 0.196. The Morgan fingerprint density at radius 1 is 1.32 bits per heavy atom. The van der Waals surface area contributed by atoms with E-state index >= 15 is 0 Å². The number of urea groups is 1. The number of aromatic nitrogens is 2. The maximum Gasteiger partial charge on any atom is 0.422 e. The first kappa shape index (κ1) is 28.5. The molecule has 0 spiro atoms. The van der Waals surface area contributed by atoms with Crippen molar-refractivity contribution < 1.29 is 35.9 Å². The molecule has 1 aliphatic rings. The van der Waals surface area contributed by atoms with Gasteiger partial charge in [-0.15, -0.1) is 0 Å². The van der Waals surface area contributed by atoms with E-state index in [4.69, 9.17) is 16.3 Å². The Morgan fingerprint density at radius 2 is 2.00 bits per heavy atom. The number of hydrogen-bond donors (Lipinski definition) is 2. The zero-order valence-corrected chi connectivity index (χ0v) is 21.9. The fraction of sp³-hybridized carbons (Fsp3) is 0.444. The monoisotopic (exact) mass is 534 g/mol. The molecule has 1 aromatic heterocycles. The largest absolute Gasteiger partial charge is 0.484 e. The van der Waals surface area contributed by atoms with Crippen molar-refractivity contribution in [1.29, 1.82) is 0 Å². The van der Waals surface area contributed by atoms with E-state index in [0.29, 0.717) is 26.1 Å². The number of alkyl halides is 3. The van der Waals surface area contributed by atoms with Crippen LogP contribution in [0.5, 0.6) is 5.75 Å². The van der Waals surface area contributed by atoms with Gasteiger partial charge in [0.25, 0.3) is 0 Å². The Morgan fingerprint density at radius 3 is 2.59 bits per heavy atom. The molecule has 0 saturated carbocycles. The number of rotatable bonds is 7. The molecule has 1 aromatic carbocycles. The van der Waals surface area contributed by atoms with Crippen molar-refractivity contribution in [2.45, 2.75) is 25.1 Å². The van der Waals surface area contributed by atoms with Crippen LogP contribution in [-0.4, -0.2) is 85.8 Å². The summed E-state index contributed by atoms with van der Waals surface area (Å²) >= 11 is 5.87. The van der Waals surface area contributed by atoms with E-state index < -0.39 is 35.1 Å². The average molecular weight is 535 g/mol. The van der Waals surface area contributed by atoms with Gasteiger partial charge in [-0.05, 0) is 25.0 Å². The maximum absolute atomic E-state index is 13.1. The van der Waals surface area contributed by atoms with Crippen molar-refractivity contribution in [3.8, 4) is 5.75 Å². The van der Waals surface area contributed by atoms with E-state index in [0.717, 1.165) is 16.4 Å². The zero-order chi connectivity index (χ0) is 24.2. The van der Waals surface area contributed by atoms with Crippen LogP contribution in [0.25, 0.3) is 0 Å². The minimum atomic E-state index is -4.57. The quantitative estimate of drug-likeness (QED) is 0.528. The van der Waals surface area contributed by atoms with Crippen molar-refractivity contribution in [3.63, 3.8) is 0 Å². The van der Waals surface area contributed by atoms with Crippen LogP contribution in [0.1, 0.15) is 12.8 Å². The minimum absolute atomic E-state index is 0. The molecule has 183 valence electrons. The number of ether oxygens (including phenoxy) is 2. The number of halogens is 4. The summed E-state index contributed by atoms with van der Waals surface area (Å²) in [6.07, 6.45) is -0.903. The van der Waals surface area contributed by atoms with Crippen molar-refractivity contribution in [3.05, 3.63) is 35.6 Å². The number of aryl methyl sites for hydroxylation is 1. The molecule has 0 unspecified atom stereocenters. The van der Waals surface area contributed by atoms with Crippen LogP contribution in [0.15, 0.2) is 30.6 Å². The van der Waals surface area contributed by atoms with E-state index in [-0.39, 0.29) is 51.7 Å². The van der Waals surface area contributed by atoms with Crippen molar-refractivity contribution in [2.75, 3.05) is 29.4 Å². The van der Waals surface area contributed by atoms with Crippen molar-refractivity contribution in [1.82, 2.24) is 14.5 Å². The van der Waals surface area contributed by atoms with E-state index in [1.165, 1.54) is 23.1 Å². The number of amides is 2. The van der Waals surface area contributed by atoms with Gasteiger partial charge in [-0.2, -0.15) is 26.7 Å². The molecule has 1 aliphatic heterocycles. The second kappa shape index (κ2) is 11.8. The van der Waals surface area contributed by atoms with Gasteiger partial charge in [-0.3, -0.25) is 4.68 Å². The van der Waals surface area contributed by atoms with Gasteiger partial charge in [0.1, 0.15) is 5.75 Å². The number of carbonyl (C=O) groups is 1. The molecule has 3 rings (SSSR count). The zero-order valence-electron chi connectivity index (χ0n) is 18.3. The smallest absolute Gasteiger partial charge is 0.422 e. The Balaban J connectivity index is 0.00000408. The molecular weight excluding hydrogens is 514 g/mol. The van der Waals surface area contributed by atoms with Crippen LogP contribution >= 0.6 is 11.6 Å². The summed E-state index contributed by atoms with van der Waals surface area (Å²) in [4.78, 5) is 12.5. The molecule has 16 heteroatoms. The van der Waals surface area contributed by atoms with Crippen LogP contribution in [0.4, 0.5) is 29.3 Å². The fourth-order valence-electron chi connectivity index (χ4n) is 3.19. The first-order chi connectivity index (χ1) is 15.4. The number of benzene rings is 1. The normalized spacial score (nSPS) is 14.7. The molecule has 34 heavy (non-hydrogen) atoms. The summed E-state index contributed by atoms with van der Waals surface area (Å²) in [7, 11) is -2.76. The standard InChI is InChI=1S/C18H21ClF3N5O5S.Na/c1-26-10-15(9-23-26)27(14-2-4-31-5-3-14)33(29,30)25-17(28)24-13-6-12(19)7-16(8-13)32-11-18(20,21)22;/h6-10,14H,2-5,11H2,1H3,(H2,24,25,28);. The molecule has 1 saturated heterocycles. The third kappa shape index (κ3) is 8.20. The molecule has 10 nitrogen and oxygen atoms in total. The topological polar surface area (TPSA) is 115 Å². The van der Waals surface area contributed by atoms with E-state index in [2.05, 4.69) is 15.2 Å². The SMILES string of the molecule is Cn1cc(N(C2CCOCC2)S(=O)(=O)NC(=O)Nc2cc(Cl)cc(OCC(F)(F)F)c2)cn1.[Na]. The molecule has 1 radical (unpaired) electrons. The number of hydrogen-bond acceptors (Lipinski definition) is 6. The van der Waals surface area contributed by atoms with Gasteiger partial charge in [-0.1, -0.05) is 11.6 Å². The van der Waals surface area contributed by atoms with Crippen molar-refractivity contribution >= 4 is 68.8 Å². The van der Waals surface area contributed by atoms with Gasteiger partial charge in [0.15, 0.2) is 6.61 Å². The number of nitrogens with zero attached hydrogens (tertiary/aromatic N) is 3. The second-order valence-electron chi connectivity index (χ2n) is 7.15. The summed E-state index contributed by atoms with van der Waals surface area (Å²) in [6.45, 7) is -0.850. The predicted octanol–water partition coefficient (Wildman–Crippen LogP) is 2.69. The van der Waals surface area contributed by atoms with Gasteiger partial charge < -0.3 is 14.8 Å². The van der Waals surface area contributed by atoms with Crippen LogP contribution in [0.2, 0.25) is 5.02 Å². The Labute approximate surface area is 221 Å². The fourth-order valence-corrected chi connectivity index (χ4v) is 4.78. The molecule has 2 N–H and O–H groups in total. The predicted molar refractivity (Wildman–Crippen MR) is 119 cm³/mol. The first-order valence-electron chi connectivity index (χ1n) is 9.63. The molecular formula is C18H21ClF3N5NaO5S.